The van der Waals surface area contributed by atoms with Crippen molar-refractivity contribution in [3.63, 3.8) is 0 Å². The van der Waals surface area contributed by atoms with Crippen LogP contribution in [0, 0.1) is 11.6 Å². The van der Waals surface area contributed by atoms with Crippen LogP contribution in [0.25, 0.3) is 21.8 Å². The van der Waals surface area contributed by atoms with Gasteiger partial charge in [0.25, 0.3) is 11.1 Å². The van der Waals surface area contributed by atoms with Gasteiger partial charge in [0, 0.05) is 50.9 Å². The molecule has 1 unspecified atom stereocenters. The van der Waals surface area contributed by atoms with Crippen LogP contribution in [0.15, 0.2) is 94.9 Å². The van der Waals surface area contributed by atoms with Gasteiger partial charge in [0.2, 0.25) is 0 Å². The smallest absolute Gasteiger partial charge is 0.344 e. The lowest BCUT2D eigenvalue weighted by molar-refractivity contribution is 0.0367. The zero-order valence-corrected chi connectivity index (χ0v) is 30.5. The molecule has 0 saturated heterocycles. The van der Waals surface area contributed by atoms with Crippen LogP contribution in [0.5, 0.6) is 0 Å². The third kappa shape index (κ3) is 8.34. The normalized spacial score (nSPS) is 11.7. The average Bonchev–Trinajstić information content (AvgIpc) is 3.64. The summed E-state index contributed by atoms with van der Waals surface area (Å²) in [4.78, 5) is 72.9. The highest BCUT2D eigenvalue weighted by Gasteiger charge is 2.26. The van der Waals surface area contributed by atoms with Crippen molar-refractivity contribution >= 4 is 63.0 Å². The molecule has 0 bridgehead atoms. The Balaban J connectivity index is 1.12. The number of halogens is 4. The highest BCUT2D eigenvalue weighted by molar-refractivity contribution is 6.31. The van der Waals surface area contributed by atoms with Gasteiger partial charge in [-0.15, -0.1) is 5.10 Å². The molecule has 5 N–H and O–H groups in total. The fourth-order valence-electron chi connectivity index (χ4n) is 6.08. The number of H-pyrrole nitrogens is 2. The first-order chi connectivity index (χ1) is 27.3. The highest BCUT2D eigenvalue weighted by Crippen LogP contribution is 2.28. The van der Waals surface area contributed by atoms with Gasteiger partial charge in [-0.25, -0.2) is 27.8 Å². The summed E-state index contributed by atoms with van der Waals surface area (Å²) in [6.45, 7) is -0.572. The van der Waals surface area contributed by atoms with Crippen molar-refractivity contribution in [1.29, 1.82) is 0 Å². The summed E-state index contributed by atoms with van der Waals surface area (Å²) >= 11 is 12.7. The minimum Gasteiger partial charge on any atom is -0.477 e. The molecule has 2 amide bonds. The number of hydrogen-bond acceptors (Lipinski definition) is 9. The second-order valence-electron chi connectivity index (χ2n) is 12.5. The molecule has 3 aromatic carbocycles. The summed E-state index contributed by atoms with van der Waals surface area (Å²) in [5.74, 6) is -4.06. The molecule has 19 heteroatoms. The second kappa shape index (κ2) is 16.0. The lowest BCUT2D eigenvalue weighted by Gasteiger charge is -2.16. The molecule has 288 valence electrons. The minimum atomic E-state index is -1.40. The topological polar surface area (TPSA) is 214 Å². The van der Waals surface area contributed by atoms with Crippen LogP contribution in [0.2, 0.25) is 10.0 Å². The van der Waals surface area contributed by atoms with E-state index in [-0.39, 0.29) is 45.5 Å². The third-order valence-electron chi connectivity index (χ3n) is 8.74. The van der Waals surface area contributed by atoms with E-state index in [0.717, 1.165) is 12.1 Å². The average molecular weight is 816 g/mol. The van der Waals surface area contributed by atoms with Gasteiger partial charge in [-0.1, -0.05) is 40.5 Å². The van der Waals surface area contributed by atoms with Gasteiger partial charge in [0.1, 0.15) is 28.5 Å². The Labute approximate surface area is 328 Å². The molecule has 0 fully saturated rings. The number of urea groups is 1. The van der Waals surface area contributed by atoms with E-state index in [1.807, 2.05) is 0 Å². The van der Waals surface area contributed by atoms with Crippen molar-refractivity contribution in [1.82, 2.24) is 40.6 Å². The first kappa shape index (κ1) is 38.3. The number of carbonyl (C=O) groups is 3. The number of nitrogens with one attached hydrogen (secondary N) is 4. The van der Waals surface area contributed by atoms with Gasteiger partial charge in [0.05, 0.1) is 30.3 Å². The van der Waals surface area contributed by atoms with Crippen LogP contribution in [-0.2, 0) is 24.4 Å². The summed E-state index contributed by atoms with van der Waals surface area (Å²) < 4.78 is 35.2. The number of hydrogen-bond donors (Lipinski definition) is 5. The van der Waals surface area contributed by atoms with Crippen LogP contribution in [0.1, 0.15) is 54.8 Å². The van der Waals surface area contributed by atoms with Gasteiger partial charge < -0.3 is 30.4 Å². The molecular formula is C38H26Cl2F2N8O7. The van der Waals surface area contributed by atoms with Crippen molar-refractivity contribution < 1.29 is 33.0 Å². The fourth-order valence-corrected chi connectivity index (χ4v) is 6.58. The largest absolute Gasteiger partial charge is 0.477 e. The van der Waals surface area contributed by atoms with Crippen molar-refractivity contribution in [2.24, 2.45) is 0 Å². The van der Waals surface area contributed by atoms with E-state index in [9.17, 15) is 37.9 Å². The Morgan fingerprint density at radius 1 is 0.842 bits per heavy atom. The van der Waals surface area contributed by atoms with Gasteiger partial charge in [-0.2, -0.15) is 0 Å². The lowest BCUT2D eigenvalue weighted by atomic mass is 10.1. The molecule has 0 radical (unpaired) electrons. The van der Waals surface area contributed by atoms with Crippen molar-refractivity contribution in [2.75, 3.05) is 0 Å². The van der Waals surface area contributed by atoms with Crippen LogP contribution >= 0.6 is 23.2 Å². The number of aromatic carboxylic acids is 1. The van der Waals surface area contributed by atoms with E-state index in [0.29, 0.717) is 33.0 Å². The van der Waals surface area contributed by atoms with Crippen LogP contribution in [0.3, 0.4) is 0 Å². The number of rotatable bonds is 11. The van der Waals surface area contributed by atoms with Gasteiger partial charge in [-0.3, -0.25) is 14.6 Å². The molecule has 0 aliphatic heterocycles. The summed E-state index contributed by atoms with van der Waals surface area (Å²) in [6.07, 6.45) is 3.23. The van der Waals surface area contributed by atoms with Gasteiger partial charge in [0.15, 0.2) is 6.10 Å². The van der Waals surface area contributed by atoms with E-state index >= 15 is 0 Å². The number of carboxylic acids is 1. The Bertz CT molecular complexity index is 2830. The number of aromatic nitrogens is 6. The Hall–Kier alpha value is -6.98. The Kier molecular flexibility index (Phi) is 10.8. The highest BCUT2D eigenvalue weighted by atomic mass is 35.5. The van der Waals surface area contributed by atoms with Gasteiger partial charge in [-0.05, 0) is 65.7 Å². The van der Waals surface area contributed by atoms with Crippen LogP contribution in [-0.4, -0.2) is 53.0 Å². The molecule has 4 aromatic heterocycles. The number of esters is 1. The number of ether oxygens (including phenoxy) is 1. The standard InChI is InChI=1S/C38H26Cl2F2N8O7/c39-23-8-20-12-26(35(52)46-31(20)21(9-23)14-44-38(56)45-15-27-28(41)4-1-5-29(27)42)37(55)57-33(18-3-2-6-43-13-18)30-17-50(49-48-30)16-22-10-24(40)7-19-11-25(36(53)54)34(51)47-32(19)22/h1-13,17,33H,14-16H2,(H,46,52)(H,47,51)(H,53,54)(H2,44,45,56). The molecular weight excluding hydrogens is 789 g/mol. The fraction of sp³-hybridized carbons (Fsp3) is 0.105. The summed E-state index contributed by atoms with van der Waals surface area (Å²) in [5.41, 5.74) is -0.819. The van der Waals surface area contributed by atoms with E-state index in [1.165, 1.54) is 59.7 Å². The number of carbonyl (C=O) groups excluding carboxylic acids is 2. The maximum Gasteiger partial charge on any atom is 0.344 e. The molecule has 57 heavy (non-hydrogen) atoms. The Morgan fingerprint density at radius 2 is 1.47 bits per heavy atom. The van der Waals surface area contributed by atoms with E-state index in [4.69, 9.17) is 27.9 Å². The molecule has 7 rings (SSSR count). The molecule has 0 saturated carbocycles. The number of nitrogens with zero attached hydrogens (tertiary/aromatic N) is 4. The number of pyridine rings is 3. The molecule has 0 spiro atoms. The third-order valence-corrected chi connectivity index (χ3v) is 9.18. The number of carboxylic acid groups (broad SMARTS) is 1. The zero-order chi connectivity index (χ0) is 40.4. The van der Waals surface area contributed by atoms with Crippen LogP contribution < -0.4 is 21.8 Å². The predicted molar refractivity (Wildman–Crippen MR) is 202 cm³/mol. The molecule has 0 aliphatic carbocycles. The zero-order valence-electron chi connectivity index (χ0n) is 29.0. The molecule has 7 aromatic rings. The van der Waals surface area contributed by atoms with Crippen molar-refractivity contribution in [2.45, 2.75) is 25.7 Å². The summed E-state index contributed by atoms with van der Waals surface area (Å²) in [5, 5.41) is 23.9. The maximum atomic E-state index is 14.0. The number of aromatic amines is 2. The first-order valence-corrected chi connectivity index (χ1v) is 17.5. The lowest BCUT2D eigenvalue weighted by Crippen LogP contribution is -2.35. The maximum absolute atomic E-state index is 14.0. The number of benzene rings is 3. The van der Waals surface area contributed by atoms with Crippen molar-refractivity contribution in [3.8, 4) is 0 Å². The monoisotopic (exact) mass is 814 g/mol. The van der Waals surface area contributed by atoms with Crippen molar-refractivity contribution in [3.05, 3.63) is 167 Å². The first-order valence-electron chi connectivity index (χ1n) is 16.7. The predicted octanol–water partition coefficient (Wildman–Crippen LogP) is 5.63. The number of fused-ring (bicyclic) bond motifs is 2. The summed E-state index contributed by atoms with van der Waals surface area (Å²) in [6, 6.07) is 14.4. The molecule has 15 nitrogen and oxygen atoms in total. The minimum absolute atomic E-state index is 0.00814. The van der Waals surface area contributed by atoms with E-state index in [1.54, 1.807) is 18.2 Å². The summed E-state index contributed by atoms with van der Waals surface area (Å²) in [7, 11) is 0. The van der Waals surface area contributed by atoms with E-state index < -0.39 is 58.9 Å². The molecule has 0 aliphatic rings. The quantitative estimate of drug-likeness (QED) is 0.101. The Morgan fingerprint density at radius 3 is 2.14 bits per heavy atom. The van der Waals surface area contributed by atoms with E-state index in [2.05, 4.69) is 35.9 Å². The molecule has 4 heterocycles. The second-order valence-corrected chi connectivity index (χ2v) is 13.4. The SMILES string of the molecule is O=C(NCc1c(F)cccc1F)NCc1cc(Cl)cc2cc(C(=O)OC(c3cccnc3)c3cn(Cc4cc(Cl)cc5cc(C(=O)O)c(=O)[nH]c45)nn3)c(=O)[nH]c12. The van der Waals surface area contributed by atoms with Gasteiger partial charge >= 0.3 is 18.0 Å². The number of amides is 2. The van der Waals surface area contributed by atoms with Crippen LogP contribution in [0.4, 0.5) is 13.6 Å². The molecule has 1 atom stereocenters.